The Morgan fingerprint density at radius 1 is 1.31 bits per heavy atom. The van der Waals surface area contributed by atoms with Gasteiger partial charge in [-0.2, -0.15) is 4.98 Å². The Kier molecular flexibility index (Phi) is 6.61. The summed E-state index contributed by atoms with van der Waals surface area (Å²) in [6.45, 7) is 3.95. The second-order valence-corrected chi connectivity index (χ2v) is 9.03. The summed E-state index contributed by atoms with van der Waals surface area (Å²) in [6.07, 6.45) is 8.32. The second-order valence-electron chi connectivity index (χ2n) is 9.03. The van der Waals surface area contributed by atoms with Crippen LogP contribution in [0.3, 0.4) is 0 Å². The van der Waals surface area contributed by atoms with Crippen LogP contribution >= 0.6 is 0 Å². The van der Waals surface area contributed by atoms with Gasteiger partial charge in [0.15, 0.2) is 0 Å². The maximum atomic E-state index is 14.6. The van der Waals surface area contributed by atoms with E-state index in [0.29, 0.717) is 50.3 Å². The number of aromatic nitrogens is 2. The van der Waals surface area contributed by atoms with E-state index in [4.69, 9.17) is 5.73 Å². The number of primary amides is 1. The summed E-state index contributed by atoms with van der Waals surface area (Å²) in [5.41, 5.74) is 4.37. The van der Waals surface area contributed by atoms with Crippen LogP contribution in [-0.2, 0) is 0 Å². The molecule has 29 heavy (non-hydrogen) atoms. The predicted octanol–water partition coefficient (Wildman–Crippen LogP) is 3.54. The topological polar surface area (TPSA) is 113 Å². The van der Waals surface area contributed by atoms with Gasteiger partial charge in [-0.05, 0) is 58.3 Å². The first-order chi connectivity index (χ1) is 13.7. The smallest absolute Gasteiger partial charge is 0.254 e. The number of carbonyl (C=O) groups excluding carboxylic acids is 1. The number of nitrogens with one attached hydrogen (secondary N) is 2. The summed E-state index contributed by atoms with van der Waals surface area (Å²) in [5, 5.41) is 16.7. The first-order valence-electron chi connectivity index (χ1n) is 10.8. The van der Waals surface area contributed by atoms with Gasteiger partial charge >= 0.3 is 0 Å². The van der Waals surface area contributed by atoms with Crippen LogP contribution in [-0.4, -0.2) is 44.3 Å². The van der Waals surface area contributed by atoms with E-state index in [9.17, 15) is 14.3 Å². The molecule has 3 rings (SSSR count). The van der Waals surface area contributed by atoms with E-state index in [0.717, 1.165) is 25.7 Å². The fourth-order valence-corrected chi connectivity index (χ4v) is 4.39. The number of nitrogens with two attached hydrogens (primary N) is 1. The maximum absolute atomic E-state index is 14.6. The van der Waals surface area contributed by atoms with Crippen molar-refractivity contribution in [2.45, 2.75) is 101 Å². The van der Waals surface area contributed by atoms with E-state index in [2.05, 4.69) is 27.5 Å². The summed E-state index contributed by atoms with van der Waals surface area (Å²) in [7, 11) is 0. The Balaban J connectivity index is 1.75. The van der Waals surface area contributed by atoms with Crippen molar-refractivity contribution in [3.63, 3.8) is 0 Å². The lowest BCUT2D eigenvalue weighted by Crippen LogP contribution is -2.44. The molecule has 8 heteroatoms. The van der Waals surface area contributed by atoms with Crippen LogP contribution in [0.4, 0.5) is 16.2 Å². The molecule has 1 heterocycles. The number of aliphatic hydroxyl groups is 1. The molecule has 1 aromatic heterocycles. The number of aliphatic hydroxyl groups excluding tert-OH is 1. The molecule has 0 spiro atoms. The van der Waals surface area contributed by atoms with Crippen LogP contribution in [0.25, 0.3) is 0 Å². The van der Waals surface area contributed by atoms with Crippen molar-refractivity contribution < 1.29 is 14.3 Å². The first kappa shape index (κ1) is 21.7. The van der Waals surface area contributed by atoms with Crippen molar-refractivity contribution in [2.24, 2.45) is 5.73 Å². The third-order valence-electron chi connectivity index (χ3n) is 6.59. The third-order valence-corrected chi connectivity index (χ3v) is 6.59. The molecule has 2 saturated carbocycles. The van der Waals surface area contributed by atoms with Crippen molar-refractivity contribution >= 4 is 17.7 Å². The quantitative estimate of drug-likeness (QED) is 0.537. The molecule has 1 amide bonds. The highest BCUT2D eigenvalue weighted by Crippen LogP contribution is 2.40. The van der Waals surface area contributed by atoms with Crippen molar-refractivity contribution in [3.05, 3.63) is 11.8 Å². The zero-order valence-electron chi connectivity index (χ0n) is 17.5. The lowest BCUT2D eigenvalue weighted by molar-refractivity contribution is 0.0785. The van der Waals surface area contributed by atoms with E-state index < -0.39 is 11.6 Å². The number of rotatable bonds is 6. The molecule has 0 aromatic carbocycles. The normalized spacial score (nSPS) is 33.0. The summed E-state index contributed by atoms with van der Waals surface area (Å²) >= 11 is 0. The molecule has 5 N–H and O–H groups in total. The monoisotopic (exact) mass is 407 g/mol. The molecule has 2 fully saturated rings. The third kappa shape index (κ3) is 5.56. The number of amides is 1. The van der Waals surface area contributed by atoms with Crippen LogP contribution < -0.4 is 16.4 Å². The number of alkyl halides is 1. The molecule has 0 saturated heterocycles. The summed E-state index contributed by atoms with van der Waals surface area (Å²) < 4.78 is 14.6. The number of hydrogen-bond acceptors (Lipinski definition) is 6. The van der Waals surface area contributed by atoms with Gasteiger partial charge in [0.1, 0.15) is 11.5 Å². The Labute approximate surface area is 172 Å². The molecule has 7 nitrogen and oxygen atoms in total. The highest BCUT2D eigenvalue weighted by molar-refractivity contribution is 5.97. The standard InChI is InChI=1S/C21H34FN5O2/c1-3-21(22)10-8-20(2,9-11-21)27-19-24-13-16(17(23)29)18(26-19)25-14-6-4-5-7-15(28)12-14/h13-15,28H,3-12H2,1-2H3,(H2,23,29)(H2,24,25,26,27)/t14-,15+,20?,21?/m1/s1. The summed E-state index contributed by atoms with van der Waals surface area (Å²) in [6, 6.07) is 0.0234. The minimum absolute atomic E-state index is 0.0234. The van der Waals surface area contributed by atoms with Gasteiger partial charge in [-0.15, -0.1) is 0 Å². The van der Waals surface area contributed by atoms with E-state index in [1.165, 1.54) is 6.20 Å². The van der Waals surface area contributed by atoms with Crippen LogP contribution in [0.5, 0.6) is 0 Å². The molecule has 162 valence electrons. The largest absolute Gasteiger partial charge is 0.393 e. The van der Waals surface area contributed by atoms with Gasteiger partial charge in [-0.3, -0.25) is 4.79 Å². The van der Waals surface area contributed by atoms with Crippen molar-refractivity contribution in [1.82, 2.24) is 9.97 Å². The van der Waals surface area contributed by atoms with Crippen molar-refractivity contribution in [1.29, 1.82) is 0 Å². The van der Waals surface area contributed by atoms with Gasteiger partial charge in [-0.25, -0.2) is 9.37 Å². The number of nitrogens with zero attached hydrogens (tertiary/aromatic N) is 2. The highest BCUT2D eigenvalue weighted by Gasteiger charge is 2.40. The van der Waals surface area contributed by atoms with E-state index in [1.807, 2.05) is 6.92 Å². The number of hydrogen-bond donors (Lipinski definition) is 4. The number of halogens is 1. The molecule has 0 radical (unpaired) electrons. The Bertz CT molecular complexity index is 721. The van der Waals surface area contributed by atoms with Crippen LogP contribution in [0, 0.1) is 0 Å². The van der Waals surface area contributed by atoms with Crippen LogP contribution in [0.15, 0.2) is 6.20 Å². The van der Waals surface area contributed by atoms with Crippen LogP contribution in [0.1, 0.15) is 88.4 Å². The molecule has 0 aliphatic heterocycles. The molecule has 0 bridgehead atoms. The molecule has 2 aliphatic carbocycles. The average molecular weight is 408 g/mol. The van der Waals surface area contributed by atoms with E-state index in [1.54, 1.807) is 0 Å². The number of carbonyl (C=O) groups is 1. The lowest BCUT2D eigenvalue weighted by atomic mass is 9.75. The van der Waals surface area contributed by atoms with Crippen LogP contribution in [0.2, 0.25) is 0 Å². The molecule has 0 unspecified atom stereocenters. The maximum Gasteiger partial charge on any atom is 0.254 e. The Morgan fingerprint density at radius 2 is 2.00 bits per heavy atom. The lowest BCUT2D eigenvalue weighted by Gasteiger charge is -2.41. The van der Waals surface area contributed by atoms with Crippen molar-refractivity contribution in [2.75, 3.05) is 10.6 Å². The van der Waals surface area contributed by atoms with Crippen molar-refractivity contribution in [3.8, 4) is 0 Å². The molecular weight excluding hydrogens is 373 g/mol. The zero-order chi connectivity index (χ0) is 21.1. The van der Waals surface area contributed by atoms with Gasteiger partial charge in [0.25, 0.3) is 5.91 Å². The molecule has 1 aromatic rings. The predicted molar refractivity (Wildman–Crippen MR) is 112 cm³/mol. The Morgan fingerprint density at radius 3 is 2.66 bits per heavy atom. The SMILES string of the molecule is CCC1(F)CCC(C)(Nc2ncc(C(N)=O)c(N[C@@H]3CCCC[C@H](O)C3)n2)CC1. The summed E-state index contributed by atoms with van der Waals surface area (Å²) in [4.78, 5) is 20.7. The minimum Gasteiger partial charge on any atom is -0.393 e. The summed E-state index contributed by atoms with van der Waals surface area (Å²) in [5.74, 6) is 0.196. The molecule has 2 atom stereocenters. The zero-order valence-corrected chi connectivity index (χ0v) is 17.5. The molecular formula is C21H34FN5O2. The van der Waals surface area contributed by atoms with Gasteiger partial charge in [0.05, 0.1) is 11.7 Å². The fourth-order valence-electron chi connectivity index (χ4n) is 4.39. The molecule has 2 aliphatic rings. The van der Waals surface area contributed by atoms with Gasteiger partial charge in [0.2, 0.25) is 5.95 Å². The Hall–Kier alpha value is -1.96. The fraction of sp³-hybridized carbons (Fsp3) is 0.762. The number of anilines is 2. The van der Waals surface area contributed by atoms with Gasteiger partial charge < -0.3 is 21.5 Å². The second kappa shape index (κ2) is 8.81. The first-order valence-corrected chi connectivity index (χ1v) is 10.8. The minimum atomic E-state index is -1.08. The van der Waals surface area contributed by atoms with E-state index >= 15 is 0 Å². The van der Waals surface area contributed by atoms with Gasteiger partial charge in [-0.1, -0.05) is 19.8 Å². The van der Waals surface area contributed by atoms with Gasteiger partial charge in [0, 0.05) is 17.8 Å². The average Bonchev–Trinajstić information content (AvgIpc) is 2.88. The highest BCUT2D eigenvalue weighted by atomic mass is 19.1. The van der Waals surface area contributed by atoms with E-state index in [-0.39, 0.29) is 23.2 Å².